The standard InChI is InChI=1S/C35H19N5O/c1-37-28-18-26(24-14-15-32-30(20-24)29-12-5-6-13-31(29)41-32)17-27(19-28)35-39-33(23-9-3-2-4-10-23)38-34(40-35)25-11-7-8-22(16-25)21-36/h2-20H. The second-order valence-electron chi connectivity index (χ2n) is 9.55. The van der Waals surface area contributed by atoms with Crippen LogP contribution in [0.15, 0.2) is 120 Å². The van der Waals surface area contributed by atoms with Gasteiger partial charge in [0.05, 0.1) is 18.2 Å². The van der Waals surface area contributed by atoms with Gasteiger partial charge in [0.2, 0.25) is 0 Å². The molecule has 0 saturated heterocycles. The van der Waals surface area contributed by atoms with Crippen LogP contribution in [0.3, 0.4) is 0 Å². The normalized spacial score (nSPS) is 10.9. The number of nitriles is 1. The van der Waals surface area contributed by atoms with Gasteiger partial charge in [-0.1, -0.05) is 66.7 Å². The van der Waals surface area contributed by atoms with Crippen molar-refractivity contribution in [2.45, 2.75) is 0 Å². The summed E-state index contributed by atoms with van der Waals surface area (Å²) in [4.78, 5) is 18.2. The Bertz CT molecular complexity index is 2190. The number of furan rings is 1. The molecule has 6 heteroatoms. The first kappa shape index (κ1) is 24.0. The molecule has 0 bridgehead atoms. The highest BCUT2D eigenvalue weighted by atomic mass is 16.3. The van der Waals surface area contributed by atoms with E-state index in [0.29, 0.717) is 39.9 Å². The summed E-state index contributed by atoms with van der Waals surface area (Å²) in [5.74, 6) is 1.40. The first-order valence-corrected chi connectivity index (χ1v) is 13.0. The molecular weight excluding hydrogens is 506 g/mol. The third kappa shape index (κ3) is 4.46. The Hall–Kier alpha value is -6.11. The third-order valence-corrected chi connectivity index (χ3v) is 6.93. The zero-order valence-electron chi connectivity index (χ0n) is 21.6. The van der Waals surface area contributed by atoms with Gasteiger partial charge in [-0.2, -0.15) is 5.26 Å². The highest BCUT2D eigenvalue weighted by Gasteiger charge is 2.15. The summed E-state index contributed by atoms with van der Waals surface area (Å²) in [6.45, 7) is 7.80. The maximum Gasteiger partial charge on any atom is 0.188 e. The Kier molecular flexibility index (Phi) is 5.78. The largest absolute Gasteiger partial charge is 0.456 e. The van der Waals surface area contributed by atoms with Crippen LogP contribution in [0.2, 0.25) is 0 Å². The van der Waals surface area contributed by atoms with Crippen molar-refractivity contribution >= 4 is 27.6 Å². The molecule has 0 N–H and O–H groups in total. The van der Waals surface area contributed by atoms with Crippen LogP contribution in [0.25, 0.3) is 72.1 Å². The van der Waals surface area contributed by atoms with Crippen LogP contribution in [0.4, 0.5) is 5.69 Å². The smallest absolute Gasteiger partial charge is 0.188 e. The van der Waals surface area contributed by atoms with Gasteiger partial charge in [0.15, 0.2) is 23.2 Å². The summed E-state index contributed by atoms with van der Waals surface area (Å²) in [6.07, 6.45) is 0. The van der Waals surface area contributed by atoms with Crippen LogP contribution in [-0.2, 0) is 0 Å². The van der Waals surface area contributed by atoms with Crippen LogP contribution in [0, 0.1) is 17.9 Å². The van der Waals surface area contributed by atoms with E-state index in [1.54, 1.807) is 18.2 Å². The molecule has 0 fully saturated rings. The zero-order valence-corrected chi connectivity index (χ0v) is 21.6. The van der Waals surface area contributed by atoms with Crippen molar-refractivity contribution in [2.75, 3.05) is 0 Å². The summed E-state index contributed by atoms with van der Waals surface area (Å²) >= 11 is 0. The Morgan fingerprint density at radius 1 is 0.561 bits per heavy atom. The van der Waals surface area contributed by atoms with Gasteiger partial charge in [-0.15, -0.1) is 0 Å². The van der Waals surface area contributed by atoms with Gasteiger partial charge in [0.25, 0.3) is 0 Å². The minimum atomic E-state index is 0.442. The number of para-hydroxylation sites is 1. The molecular formula is C35H19N5O. The molecule has 0 aliphatic carbocycles. The number of benzene rings is 5. The van der Waals surface area contributed by atoms with E-state index in [-0.39, 0.29) is 0 Å². The molecule has 0 atom stereocenters. The summed E-state index contributed by atoms with van der Waals surface area (Å²) in [5.41, 5.74) is 6.71. The highest BCUT2D eigenvalue weighted by molar-refractivity contribution is 6.06. The van der Waals surface area contributed by atoms with Crippen molar-refractivity contribution in [1.82, 2.24) is 15.0 Å². The van der Waals surface area contributed by atoms with Gasteiger partial charge in [-0.3, -0.25) is 0 Å². The van der Waals surface area contributed by atoms with Gasteiger partial charge < -0.3 is 4.42 Å². The first-order chi connectivity index (χ1) is 20.2. The summed E-state index contributed by atoms with van der Waals surface area (Å²) in [6, 6.07) is 38.8. The second kappa shape index (κ2) is 9.89. The van der Waals surface area contributed by atoms with E-state index in [0.717, 1.165) is 38.6 Å². The van der Waals surface area contributed by atoms with Crippen LogP contribution in [0.1, 0.15) is 5.56 Å². The zero-order chi connectivity index (χ0) is 27.8. The van der Waals surface area contributed by atoms with Crippen molar-refractivity contribution in [2.24, 2.45) is 0 Å². The summed E-state index contributed by atoms with van der Waals surface area (Å²) < 4.78 is 6.01. The fourth-order valence-electron chi connectivity index (χ4n) is 4.96. The van der Waals surface area contributed by atoms with Gasteiger partial charge >= 0.3 is 0 Å². The van der Waals surface area contributed by atoms with Gasteiger partial charge in [0, 0.05) is 27.5 Å². The summed E-state index contributed by atoms with van der Waals surface area (Å²) in [7, 11) is 0. The molecule has 6 nitrogen and oxygen atoms in total. The Morgan fingerprint density at radius 2 is 1.24 bits per heavy atom. The lowest BCUT2D eigenvalue weighted by molar-refractivity contribution is 0.669. The average molecular weight is 526 g/mol. The van der Waals surface area contributed by atoms with E-state index >= 15 is 0 Å². The van der Waals surface area contributed by atoms with E-state index in [1.165, 1.54) is 0 Å². The van der Waals surface area contributed by atoms with Gasteiger partial charge in [0.1, 0.15) is 11.2 Å². The van der Waals surface area contributed by atoms with E-state index in [4.69, 9.17) is 25.9 Å². The molecule has 2 heterocycles. The maximum atomic E-state index is 9.44. The molecule has 7 rings (SSSR count). The fourth-order valence-corrected chi connectivity index (χ4v) is 4.96. The Balaban J connectivity index is 1.42. The van der Waals surface area contributed by atoms with E-state index in [2.05, 4.69) is 17.0 Å². The van der Waals surface area contributed by atoms with Crippen LogP contribution < -0.4 is 0 Å². The van der Waals surface area contributed by atoms with Crippen LogP contribution >= 0.6 is 0 Å². The number of nitrogens with zero attached hydrogens (tertiary/aromatic N) is 5. The lowest BCUT2D eigenvalue weighted by Crippen LogP contribution is -2.00. The topological polar surface area (TPSA) is 80.0 Å². The third-order valence-electron chi connectivity index (χ3n) is 6.93. The lowest BCUT2D eigenvalue weighted by atomic mass is 9.99. The van der Waals surface area contributed by atoms with Crippen molar-refractivity contribution in [3.05, 3.63) is 132 Å². The number of rotatable bonds is 4. The molecule has 0 aliphatic rings. The molecule has 190 valence electrons. The summed E-state index contributed by atoms with van der Waals surface area (Å²) in [5, 5.41) is 11.5. The molecule has 0 aliphatic heterocycles. The molecule has 7 aromatic rings. The number of hydrogen-bond acceptors (Lipinski definition) is 5. The fraction of sp³-hybridized carbons (Fsp3) is 0. The molecule has 0 radical (unpaired) electrons. The Morgan fingerprint density at radius 3 is 2.05 bits per heavy atom. The average Bonchev–Trinajstić information content (AvgIpc) is 3.42. The maximum absolute atomic E-state index is 9.44. The molecule has 0 saturated carbocycles. The predicted octanol–water partition coefficient (Wildman–Crippen LogP) is 8.86. The quantitative estimate of drug-likeness (QED) is 0.214. The van der Waals surface area contributed by atoms with Gasteiger partial charge in [-0.05, 0) is 59.7 Å². The molecule has 0 unspecified atom stereocenters. The molecule has 5 aromatic carbocycles. The van der Waals surface area contributed by atoms with Gasteiger partial charge in [-0.25, -0.2) is 19.8 Å². The minimum absolute atomic E-state index is 0.442. The van der Waals surface area contributed by atoms with Crippen molar-refractivity contribution in [1.29, 1.82) is 5.26 Å². The van der Waals surface area contributed by atoms with E-state index in [9.17, 15) is 5.26 Å². The predicted molar refractivity (Wildman–Crippen MR) is 160 cm³/mol. The van der Waals surface area contributed by atoms with E-state index in [1.807, 2.05) is 91.0 Å². The number of fused-ring (bicyclic) bond motifs is 3. The highest BCUT2D eigenvalue weighted by Crippen LogP contribution is 2.36. The SMILES string of the molecule is [C-]#[N+]c1cc(-c2ccc3oc4ccccc4c3c2)cc(-c2nc(-c3ccccc3)nc(-c3cccc(C#N)c3)n2)c1. The number of hydrogen-bond donors (Lipinski definition) is 0. The molecule has 0 spiro atoms. The van der Waals surface area contributed by atoms with Crippen molar-refractivity contribution in [3.63, 3.8) is 0 Å². The van der Waals surface area contributed by atoms with E-state index < -0.39 is 0 Å². The minimum Gasteiger partial charge on any atom is -0.456 e. The van der Waals surface area contributed by atoms with Crippen LogP contribution in [-0.4, -0.2) is 15.0 Å². The molecule has 41 heavy (non-hydrogen) atoms. The first-order valence-electron chi connectivity index (χ1n) is 13.0. The lowest BCUT2D eigenvalue weighted by Gasteiger charge is -2.11. The monoisotopic (exact) mass is 525 g/mol. The van der Waals surface area contributed by atoms with Crippen LogP contribution in [0.5, 0.6) is 0 Å². The van der Waals surface area contributed by atoms with Crippen molar-refractivity contribution in [3.8, 4) is 51.4 Å². The Labute approximate surface area is 235 Å². The number of aromatic nitrogens is 3. The molecule has 2 aromatic heterocycles. The second-order valence-corrected chi connectivity index (χ2v) is 9.55. The van der Waals surface area contributed by atoms with Crippen molar-refractivity contribution < 1.29 is 4.42 Å². The molecule has 0 amide bonds.